The van der Waals surface area contributed by atoms with Gasteiger partial charge in [0.05, 0.1) is 5.02 Å². The highest BCUT2D eigenvalue weighted by atomic mass is 35.5. The zero-order valence-corrected chi connectivity index (χ0v) is 11.8. The Bertz CT molecular complexity index is 536. The van der Waals surface area contributed by atoms with Crippen molar-refractivity contribution in [3.05, 3.63) is 46.1 Å². The predicted octanol–water partition coefficient (Wildman–Crippen LogP) is 4.40. The van der Waals surface area contributed by atoms with Gasteiger partial charge in [0.2, 0.25) is 0 Å². The van der Waals surface area contributed by atoms with E-state index >= 15 is 0 Å². The van der Waals surface area contributed by atoms with Crippen LogP contribution in [0.15, 0.2) is 34.7 Å². The number of furan rings is 1. The Morgan fingerprint density at radius 1 is 1.22 bits per heavy atom. The Labute approximate surface area is 117 Å². The molecule has 0 radical (unpaired) electrons. The van der Waals surface area contributed by atoms with Gasteiger partial charge < -0.3 is 9.73 Å². The molecule has 18 heavy (non-hydrogen) atoms. The van der Waals surface area contributed by atoms with E-state index in [0.29, 0.717) is 16.1 Å². The van der Waals surface area contributed by atoms with Crippen LogP contribution in [0.5, 0.6) is 0 Å². The maximum atomic E-state index is 6.14. The van der Waals surface area contributed by atoms with E-state index in [4.69, 9.17) is 27.6 Å². The van der Waals surface area contributed by atoms with Gasteiger partial charge in [-0.1, -0.05) is 23.2 Å². The Hall–Kier alpha value is -0.960. The molecule has 0 amide bonds. The third kappa shape index (κ3) is 3.08. The van der Waals surface area contributed by atoms with Gasteiger partial charge in [0.1, 0.15) is 11.5 Å². The van der Waals surface area contributed by atoms with E-state index in [1.807, 2.05) is 25.2 Å². The Morgan fingerprint density at radius 2 is 2.00 bits per heavy atom. The summed E-state index contributed by atoms with van der Waals surface area (Å²) in [6.07, 6.45) is 0.842. The molecule has 2 nitrogen and oxygen atoms in total. The molecule has 1 aromatic carbocycles. The molecule has 1 aromatic heterocycles. The molecule has 1 heterocycles. The van der Waals surface area contributed by atoms with E-state index in [9.17, 15) is 0 Å². The fourth-order valence-electron chi connectivity index (χ4n) is 1.72. The molecule has 0 aliphatic rings. The van der Waals surface area contributed by atoms with E-state index < -0.39 is 0 Å². The smallest absolute Gasteiger partial charge is 0.135 e. The van der Waals surface area contributed by atoms with Gasteiger partial charge in [0.25, 0.3) is 0 Å². The van der Waals surface area contributed by atoms with Crippen LogP contribution in [0.1, 0.15) is 12.7 Å². The van der Waals surface area contributed by atoms with Crippen molar-refractivity contribution >= 4 is 23.2 Å². The average molecular weight is 284 g/mol. The number of rotatable bonds is 4. The maximum Gasteiger partial charge on any atom is 0.135 e. The first-order valence-corrected chi connectivity index (χ1v) is 6.57. The first kappa shape index (κ1) is 13.5. The zero-order chi connectivity index (χ0) is 13.1. The van der Waals surface area contributed by atoms with E-state index in [-0.39, 0.29) is 0 Å². The summed E-state index contributed by atoms with van der Waals surface area (Å²) in [5.41, 5.74) is 0.826. The first-order chi connectivity index (χ1) is 8.60. The highest BCUT2D eigenvalue weighted by molar-refractivity contribution is 6.35. The lowest BCUT2D eigenvalue weighted by Gasteiger charge is -2.07. The topological polar surface area (TPSA) is 25.2 Å². The van der Waals surface area contributed by atoms with Crippen LogP contribution >= 0.6 is 23.2 Å². The van der Waals surface area contributed by atoms with Crippen molar-refractivity contribution < 1.29 is 4.42 Å². The van der Waals surface area contributed by atoms with Gasteiger partial charge in [0.15, 0.2) is 0 Å². The quantitative estimate of drug-likeness (QED) is 0.900. The second-order valence-corrected chi connectivity index (χ2v) is 5.13. The predicted molar refractivity (Wildman–Crippen MR) is 76.4 cm³/mol. The third-order valence-corrected chi connectivity index (χ3v) is 3.42. The average Bonchev–Trinajstić information content (AvgIpc) is 2.80. The fourth-order valence-corrected chi connectivity index (χ4v) is 2.11. The summed E-state index contributed by atoms with van der Waals surface area (Å²) in [6, 6.07) is 9.63. The zero-order valence-electron chi connectivity index (χ0n) is 10.3. The largest absolute Gasteiger partial charge is 0.461 e. The fraction of sp³-hybridized carbons (Fsp3) is 0.286. The van der Waals surface area contributed by atoms with Gasteiger partial charge in [-0.15, -0.1) is 0 Å². The van der Waals surface area contributed by atoms with Crippen molar-refractivity contribution in [1.82, 2.24) is 5.32 Å². The van der Waals surface area contributed by atoms with Gasteiger partial charge in [0, 0.05) is 23.0 Å². The molecule has 96 valence electrons. The van der Waals surface area contributed by atoms with Crippen LogP contribution in [0, 0.1) is 0 Å². The van der Waals surface area contributed by atoms with Gasteiger partial charge in [-0.3, -0.25) is 0 Å². The molecule has 0 aliphatic heterocycles. The number of hydrogen-bond donors (Lipinski definition) is 1. The van der Waals surface area contributed by atoms with Crippen LogP contribution in [-0.2, 0) is 6.42 Å². The summed E-state index contributed by atoms with van der Waals surface area (Å²) < 4.78 is 5.79. The molecule has 2 rings (SSSR count). The van der Waals surface area contributed by atoms with E-state index in [1.165, 1.54) is 0 Å². The number of halogens is 2. The monoisotopic (exact) mass is 283 g/mol. The number of likely N-dealkylation sites (N-methyl/N-ethyl adjacent to an activating group) is 1. The highest BCUT2D eigenvalue weighted by Crippen LogP contribution is 2.31. The molecule has 0 aliphatic carbocycles. The Morgan fingerprint density at radius 3 is 2.72 bits per heavy atom. The summed E-state index contributed by atoms with van der Waals surface area (Å²) in [6.45, 7) is 2.11. The van der Waals surface area contributed by atoms with E-state index in [0.717, 1.165) is 23.5 Å². The summed E-state index contributed by atoms with van der Waals surface area (Å²) >= 11 is 12.1. The summed E-state index contributed by atoms with van der Waals surface area (Å²) in [4.78, 5) is 0. The molecule has 1 N–H and O–H groups in total. The molecule has 1 unspecified atom stereocenters. The van der Waals surface area contributed by atoms with Crippen LogP contribution in [-0.4, -0.2) is 13.1 Å². The first-order valence-electron chi connectivity index (χ1n) is 5.81. The molecule has 0 spiro atoms. The lowest BCUT2D eigenvalue weighted by atomic mass is 10.2. The van der Waals surface area contributed by atoms with Gasteiger partial charge in [-0.25, -0.2) is 0 Å². The minimum absolute atomic E-state index is 0.374. The third-order valence-electron chi connectivity index (χ3n) is 2.86. The lowest BCUT2D eigenvalue weighted by molar-refractivity contribution is 0.481. The van der Waals surface area contributed by atoms with Gasteiger partial charge in [-0.05, 0) is 44.3 Å². The van der Waals surface area contributed by atoms with Crippen LogP contribution in [0.4, 0.5) is 0 Å². The number of hydrogen-bond acceptors (Lipinski definition) is 2. The minimum Gasteiger partial charge on any atom is -0.461 e. The van der Waals surface area contributed by atoms with Gasteiger partial charge >= 0.3 is 0 Å². The Balaban J connectivity index is 2.26. The van der Waals surface area contributed by atoms with Gasteiger partial charge in [-0.2, -0.15) is 0 Å². The van der Waals surface area contributed by atoms with Crippen molar-refractivity contribution in [2.24, 2.45) is 0 Å². The van der Waals surface area contributed by atoms with Crippen molar-refractivity contribution in [3.8, 4) is 11.3 Å². The summed E-state index contributed by atoms with van der Waals surface area (Å²) in [7, 11) is 1.93. The van der Waals surface area contributed by atoms with E-state index in [1.54, 1.807) is 12.1 Å². The van der Waals surface area contributed by atoms with E-state index in [2.05, 4.69) is 12.2 Å². The summed E-state index contributed by atoms with van der Waals surface area (Å²) in [5, 5.41) is 4.47. The van der Waals surface area contributed by atoms with Crippen LogP contribution in [0.25, 0.3) is 11.3 Å². The number of benzene rings is 1. The second-order valence-electron chi connectivity index (χ2n) is 4.28. The maximum absolute atomic E-state index is 6.14. The molecule has 0 saturated carbocycles. The van der Waals surface area contributed by atoms with Crippen molar-refractivity contribution in [1.29, 1.82) is 0 Å². The van der Waals surface area contributed by atoms with Crippen molar-refractivity contribution in [2.45, 2.75) is 19.4 Å². The van der Waals surface area contributed by atoms with Crippen molar-refractivity contribution in [2.75, 3.05) is 7.05 Å². The van der Waals surface area contributed by atoms with Crippen LogP contribution in [0.2, 0.25) is 10.0 Å². The standard InChI is InChI=1S/C14H15Cl2NO/c1-9(17-2)7-11-4-6-14(18-11)12-8-10(15)3-5-13(12)16/h3-6,8-9,17H,7H2,1-2H3. The highest BCUT2D eigenvalue weighted by Gasteiger charge is 2.10. The molecular formula is C14H15Cl2NO. The van der Waals surface area contributed by atoms with Crippen LogP contribution in [0.3, 0.4) is 0 Å². The molecule has 0 saturated heterocycles. The van der Waals surface area contributed by atoms with Crippen LogP contribution < -0.4 is 5.32 Å². The SMILES string of the molecule is CNC(C)Cc1ccc(-c2cc(Cl)ccc2Cl)o1. The second kappa shape index (κ2) is 5.79. The molecule has 2 aromatic rings. The normalized spacial score (nSPS) is 12.7. The molecule has 4 heteroatoms. The number of nitrogens with one attached hydrogen (secondary N) is 1. The minimum atomic E-state index is 0.374. The lowest BCUT2D eigenvalue weighted by Crippen LogP contribution is -2.23. The molecular weight excluding hydrogens is 269 g/mol. The molecule has 0 fully saturated rings. The van der Waals surface area contributed by atoms with Crippen molar-refractivity contribution in [3.63, 3.8) is 0 Å². The molecule has 0 bridgehead atoms. The molecule has 1 atom stereocenters. The Kier molecular flexibility index (Phi) is 4.33. The summed E-state index contributed by atoms with van der Waals surface area (Å²) in [5.74, 6) is 1.68.